The number of imide groups is 1. The van der Waals surface area contributed by atoms with Crippen LogP contribution in [0.1, 0.15) is 47.0 Å². The first-order valence-electron chi connectivity index (χ1n) is 7.03. The Morgan fingerprint density at radius 2 is 2.15 bits per heavy atom. The van der Waals surface area contributed by atoms with Gasteiger partial charge in [0.05, 0.1) is 6.04 Å². The summed E-state index contributed by atoms with van der Waals surface area (Å²) in [6.07, 6.45) is 0.552. The summed E-state index contributed by atoms with van der Waals surface area (Å²) in [7, 11) is 0. The first-order chi connectivity index (χ1) is 9.22. The molecule has 0 aliphatic carbocycles. The number of carbonyl (C=O) groups excluding carboxylic acids is 2. The van der Waals surface area contributed by atoms with Crippen LogP contribution in [-0.2, 0) is 9.53 Å². The van der Waals surface area contributed by atoms with Crippen LogP contribution in [0.2, 0.25) is 0 Å². The summed E-state index contributed by atoms with van der Waals surface area (Å²) in [5.41, 5.74) is -0.790. The molecule has 0 aromatic carbocycles. The van der Waals surface area contributed by atoms with Gasteiger partial charge in [-0.05, 0) is 39.0 Å². The van der Waals surface area contributed by atoms with Crippen molar-refractivity contribution in [1.82, 2.24) is 4.90 Å². The Bertz CT molecular complexity index is 393. The molecule has 0 radical (unpaired) electrons. The number of alkyl halides is 1. The van der Waals surface area contributed by atoms with Gasteiger partial charge in [-0.2, -0.15) is 0 Å². The summed E-state index contributed by atoms with van der Waals surface area (Å²) in [5, 5.41) is 0. The second-order valence-corrected chi connectivity index (χ2v) is 6.06. The van der Waals surface area contributed by atoms with Crippen LogP contribution in [0.3, 0.4) is 0 Å². The van der Waals surface area contributed by atoms with Crippen molar-refractivity contribution < 1.29 is 18.7 Å². The molecule has 2 amide bonds. The molecule has 0 N–H and O–H groups in total. The number of allylic oxidation sites excluding steroid dienone is 1. The van der Waals surface area contributed by atoms with E-state index in [1.54, 1.807) is 19.9 Å². The molecule has 114 valence electrons. The van der Waals surface area contributed by atoms with Crippen molar-refractivity contribution in [3.63, 3.8) is 0 Å². The van der Waals surface area contributed by atoms with Crippen LogP contribution >= 0.6 is 0 Å². The van der Waals surface area contributed by atoms with Crippen LogP contribution in [0.15, 0.2) is 12.7 Å². The number of cyclic esters (lactones) is 1. The first kappa shape index (κ1) is 16.7. The number of amides is 2. The van der Waals surface area contributed by atoms with E-state index in [0.29, 0.717) is 12.8 Å². The van der Waals surface area contributed by atoms with Crippen molar-refractivity contribution in [2.75, 3.05) is 0 Å². The minimum absolute atomic E-state index is 0.000718. The second-order valence-electron chi connectivity index (χ2n) is 6.06. The maximum atomic E-state index is 14.0. The number of hydrogen-bond donors (Lipinski definition) is 0. The van der Waals surface area contributed by atoms with Crippen LogP contribution in [-0.4, -0.2) is 34.7 Å². The van der Waals surface area contributed by atoms with Gasteiger partial charge < -0.3 is 4.74 Å². The Hall–Kier alpha value is -1.39. The average Bonchev–Trinajstić information content (AvgIpc) is 2.57. The van der Waals surface area contributed by atoms with E-state index in [2.05, 4.69) is 6.58 Å². The maximum Gasteiger partial charge on any atom is 0.417 e. The summed E-state index contributed by atoms with van der Waals surface area (Å²) < 4.78 is 19.2. The fourth-order valence-electron chi connectivity index (χ4n) is 2.80. The normalized spacial score (nSPS) is 22.8. The molecule has 1 aliphatic rings. The van der Waals surface area contributed by atoms with Gasteiger partial charge >= 0.3 is 6.09 Å². The van der Waals surface area contributed by atoms with Crippen molar-refractivity contribution >= 4 is 12.0 Å². The summed E-state index contributed by atoms with van der Waals surface area (Å²) in [6, 6.07) is -0.444. The molecule has 1 heterocycles. The highest BCUT2D eigenvalue weighted by molar-refractivity contribution is 5.96. The van der Waals surface area contributed by atoms with Gasteiger partial charge in [0, 0.05) is 0 Å². The number of unbranched alkanes of at least 4 members (excludes halogenated alkanes) is 1. The summed E-state index contributed by atoms with van der Waals surface area (Å²) in [5.74, 6) is -0.788. The lowest BCUT2D eigenvalue weighted by Crippen LogP contribution is -2.50. The molecule has 1 saturated heterocycles. The van der Waals surface area contributed by atoms with E-state index in [0.717, 1.165) is 4.90 Å². The Kier molecular flexibility index (Phi) is 5.31. The van der Waals surface area contributed by atoms with Crippen LogP contribution in [0.25, 0.3) is 0 Å². The predicted molar refractivity (Wildman–Crippen MR) is 75.0 cm³/mol. The molecule has 2 atom stereocenters. The first-order valence-corrected chi connectivity index (χ1v) is 7.03. The standard InChI is InChI=1S/C15H24FNO3/c1-6-7-8-9-11(16)13(18)17-12(10(2)3)15(4,5)20-14(17)19/h6,10-12H,1,7-9H2,2-5H3. The minimum atomic E-state index is -1.67. The summed E-state index contributed by atoms with van der Waals surface area (Å²) in [6.45, 7) is 10.8. The lowest BCUT2D eigenvalue weighted by Gasteiger charge is -2.31. The molecule has 0 aromatic heterocycles. The number of ether oxygens (including phenoxy) is 1. The van der Waals surface area contributed by atoms with E-state index in [4.69, 9.17) is 4.74 Å². The van der Waals surface area contributed by atoms with E-state index >= 15 is 0 Å². The Labute approximate surface area is 120 Å². The zero-order valence-corrected chi connectivity index (χ0v) is 12.7. The van der Waals surface area contributed by atoms with Gasteiger partial charge in [-0.3, -0.25) is 4.79 Å². The number of carbonyl (C=O) groups is 2. The minimum Gasteiger partial charge on any atom is -0.441 e. The van der Waals surface area contributed by atoms with Crippen LogP contribution in [0, 0.1) is 5.92 Å². The molecule has 0 spiro atoms. The number of hydrogen-bond acceptors (Lipinski definition) is 3. The maximum absolute atomic E-state index is 14.0. The zero-order valence-electron chi connectivity index (χ0n) is 12.7. The van der Waals surface area contributed by atoms with E-state index in [1.807, 2.05) is 13.8 Å². The smallest absolute Gasteiger partial charge is 0.417 e. The highest BCUT2D eigenvalue weighted by Crippen LogP contribution is 2.35. The molecule has 2 unspecified atom stereocenters. The second kappa shape index (κ2) is 6.37. The Morgan fingerprint density at radius 1 is 1.55 bits per heavy atom. The van der Waals surface area contributed by atoms with Gasteiger partial charge in [0.15, 0.2) is 6.17 Å². The van der Waals surface area contributed by atoms with Crippen LogP contribution in [0.5, 0.6) is 0 Å². The van der Waals surface area contributed by atoms with Gasteiger partial charge in [0.1, 0.15) is 5.60 Å². The van der Waals surface area contributed by atoms with Gasteiger partial charge in [-0.15, -0.1) is 6.58 Å². The molecular formula is C15H24FNO3. The van der Waals surface area contributed by atoms with E-state index in [1.165, 1.54) is 0 Å². The summed E-state index contributed by atoms with van der Waals surface area (Å²) >= 11 is 0. The molecule has 5 heteroatoms. The predicted octanol–water partition coefficient (Wildman–Crippen LogP) is 3.46. The van der Waals surface area contributed by atoms with Crippen molar-refractivity contribution in [2.24, 2.45) is 5.92 Å². The van der Waals surface area contributed by atoms with Gasteiger partial charge in [0.25, 0.3) is 5.91 Å². The number of nitrogens with zero attached hydrogens (tertiary/aromatic N) is 1. The molecular weight excluding hydrogens is 261 g/mol. The van der Waals surface area contributed by atoms with Crippen molar-refractivity contribution in [3.8, 4) is 0 Å². The van der Waals surface area contributed by atoms with Crippen molar-refractivity contribution in [2.45, 2.75) is 64.8 Å². The Morgan fingerprint density at radius 3 is 2.65 bits per heavy atom. The van der Waals surface area contributed by atoms with Gasteiger partial charge in [0.2, 0.25) is 0 Å². The lowest BCUT2D eigenvalue weighted by atomic mass is 9.88. The van der Waals surface area contributed by atoms with Crippen LogP contribution < -0.4 is 0 Å². The zero-order chi connectivity index (χ0) is 15.5. The number of halogens is 1. The quantitative estimate of drug-likeness (QED) is 0.554. The third-order valence-corrected chi connectivity index (χ3v) is 3.54. The number of rotatable bonds is 6. The van der Waals surface area contributed by atoms with E-state index < -0.39 is 29.8 Å². The monoisotopic (exact) mass is 285 g/mol. The fourth-order valence-corrected chi connectivity index (χ4v) is 2.80. The Balaban J connectivity index is 2.84. The van der Waals surface area contributed by atoms with Gasteiger partial charge in [-0.25, -0.2) is 14.1 Å². The molecule has 1 rings (SSSR count). The molecule has 4 nitrogen and oxygen atoms in total. The highest BCUT2D eigenvalue weighted by atomic mass is 19.1. The summed E-state index contributed by atoms with van der Waals surface area (Å²) in [4.78, 5) is 25.0. The lowest BCUT2D eigenvalue weighted by molar-refractivity contribution is -0.136. The molecule has 1 aliphatic heterocycles. The van der Waals surface area contributed by atoms with E-state index in [-0.39, 0.29) is 12.3 Å². The van der Waals surface area contributed by atoms with Crippen LogP contribution in [0.4, 0.5) is 9.18 Å². The van der Waals surface area contributed by atoms with Gasteiger partial charge in [-0.1, -0.05) is 19.9 Å². The average molecular weight is 285 g/mol. The SMILES string of the molecule is C=CCCCC(F)C(=O)N1C(=O)OC(C)(C)C1C(C)C. The third-order valence-electron chi connectivity index (χ3n) is 3.54. The van der Waals surface area contributed by atoms with Crippen molar-refractivity contribution in [1.29, 1.82) is 0 Å². The third kappa shape index (κ3) is 3.38. The molecule has 20 heavy (non-hydrogen) atoms. The largest absolute Gasteiger partial charge is 0.441 e. The highest BCUT2D eigenvalue weighted by Gasteiger charge is 2.52. The topological polar surface area (TPSA) is 46.6 Å². The molecule has 0 aromatic rings. The fraction of sp³-hybridized carbons (Fsp3) is 0.733. The van der Waals surface area contributed by atoms with Crippen molar-refractivity contribution in [3.05, 3.63) is 12.7 Å². The van der Waals surface area contributed by atoms with E-state index in [9.17, 15) is 14.0 Å². The molecule has 0 saturated carbocycles. The molecule has 1 fully saturated rings. The molecule has 0 bridgehead atoms.